The molecule has 32 heavy (non-hydrogen) atoms. The molecule has 3 N–H and O–H groups in total. The van der Waals surface area contributed by atoms with Crippen molar-refractivity contribution in [3.05, 3.63) is 35.8 Å². The van der Waals surface area contributed by atoms with Crippen LogP contribution in [0.15, 0.2) is 18.3 Å². The molecule has 2 aliphatic rings. The summed E-state index contributed by atoms with van der Waals surface area (Å²) in [5.74, 6) is -2.83. The maximum Gasteiger partial charge on any atom is 0.224 e. The SMILES string of the molecule is [2H]C1CC(Nc2ncc3nc(Nc4c(F)cc(F)cc4F)n(C4CCOC4)c3n2)CCC1([2H])O. The second-order valence-corrected chi connectivity index (χ2v) is 7.91. The van der Waals surface area contributed by atoms with Crippen LogP contribution in [0.2, 0.25) is 0 Å². The molecule has 0 spiro atoms. The number of nitrogens with zero attached hydrogens (tertiary/aromatic N) is 4. The van der Waals surface area contributed by atoms with Crippen LogP contribution in [0.4, 0.5) is 30.8 Å². The number of hydrogen-bond donors (Lipinski definition) is 3. The van der Waals surface area contributed by atoms with Crippen LogP contribution in [-0.2, 0) is 4.74 Å². The van der Waals surface area contributed by atoms with Crippen LogP contribution in [0.1, 0.15) is 40.9 Å². The number of nitrogens with one attached hydrogen (secondary N) is 2. The van der Waals surface area contributed by atoms with Crippen LogP contribution in [-0.4, -0.2) is 50.0 Å². The van der Waals surface area contributed by atoms with Crippen LogP contribution >= 0.6 is 0 Å². The molecule has 3 heterocycles. The molecule has 1 saturated carbocycles. The molecular formula is C21H23F3N6O2. The minimum Gasteiger partial charge on any atom is -0.393 e. The number of imidazole rings is 1. The first-order valence-corrected chi connectivity index (χ1v) is 10.4. The van der Waals surface area contributed by atoms with Gasteiger partial charge in [0.25, 0.3) is 0 Å². The van der Waals surface area contributed by atoms with Gasteiger partial charge in [0.15, 0.2) is 17.3 Å². The quantitative estimate of drug-likeness (QED) is 0.546. The topological polar surface area (TPSA) is 97.1 Å². The molecule has 1 aromatic carbocycles. The molecule has 5 rings (SSSR count). The van der Waals surface area contributed by atoms with Crippen LogP contribution in [0, 0.1) is 17.5 Å². The van der Waals surface area contributed by atoms with Crippen molar-refractivity contribution >= 4 is 28.7 Å². The molecule has 2 fully saturated rings. The summed E-state index contributed by atoms with van der Waals surface area (Å²) in [6.45, 7) is 0.856. The van der Waals surface area contributed by atoms with Crippen molar-refractivity contribution < 1.29 is 25.8 Å². The van der Waals surface area contributed by atoms with E-state index < -0.39 is 35.6 Å². The van der Waals surface area contributed by atoms with Crippen molar-refractivity contribution in [3.63, 3.8) is 0 Å². The van der Waals surface area contributed by atoms with Crippen molar-refractivity contribution in [2.45, 2.75) is 50.2 Å². The Labute approximate surface area is 184 Å². The predicted molar refractivity (Wildman–Crippen MR) is 111 cm³/mol. The molecule has 0 radical (unpaired) electrons. The number of hydrogen-bond acceptors (Lipinski definition) is 7. The van der Waals surface area contributed by atoms with Gasteiger partial charge in [-0.05, 0) is 32.1 Å². The van der Waals surface area contributed by atoms with E-state index >= 15 is 0 Å². The lowest BCUT2D eigenvalue weighted by Crippen LogP contribution is -2.29. The van der Waals surface area contributed by atoms with E-state index in [0.717, 1.165) is 0 Å². The molecular weight excluding hydrogens is 425 g/mol. The second-order valence-electron chi connectivity index (χ2n) is 7.91. The Morgan fingerprint density at radius 1 is 1.16 bits per heavy atom. The summed E-state index contributed by atoms with van der Waals surface area (Å²) in [7, 11) is 0. The lowest BCUT2D eigenvalue weighted by molar-refractivity contribution is 0.126. The maximum atomic E-state index is 14.3. The van der Waals surface area contributed by atoms with Crippen molar-refractivity contribution in [2.75, 3.05) is 23.8 Å². The first-order chi connectivity index (χ1) is 16.2. The molecule has 8 nitrogen and oxygen atoms in total. The number of aromatic nitrogens is 4. The molecule has 1 aliphatic heterocycles. The Morgan fingerprint density at radius 2 is 1.97 bits per heavy atom. The zero-order valence-electron chi connectivity index (χ0n) is 19.0. The van der Waals surface area contributed by atoms with Crippen molar-refractivity contribution in [3.8, 4) is 0 Å². The largest absolute Gasteiger partial charge is 0.393 e. The standard InChI is InChI=1S/C21H23F3N6O2/c22-11-7-15(23)18(16(24)8-11)28-21-27-17-9-25-20(26-12-1-3-14(31)4-2-12)29-19(17)30(21)13-5-6-32-10-13/h7-9,12-14,31H,1-6,10H2,(H,27,28)(H,25,26,29)/i3D,14D. The highest BCUT2D eigenvalue weighted by Crippen LogP contribution is 2.32. The second kappa shape index (κ2) is 8.55. The highest BCUT2D eigenvalue weighted by atomic mass is 19.1. The molecule has 4 unspecified atom stereocenters. The van der Waals surface area contributed by atoms with Gasteiger partial charge < -0.3 is 20.5 Å². The predicted octanol–water partition coefficient (Wildman–Crippen LogP) is 3.66. The number of rotatable bonds is 5. The fourth-order valence-electron chi connectivity index (χ4n) is 4.03. The van der Waals surface area contributed by atoms with Crippen LogP contribution in [0.3, 0.4) is 0 Å². The summed E-state index contributed by atoms with van der Waals surface area (Å²) in [5, 5.41) is 15.7. The average molecular weight is 450 g/mol. The lowest BCUT2D eigenvalue weighted by atomic mass is 9.93. The zero-order valence-corrected chi connectivity index (χ0v) is 17.0. The summed E-state index contributed by atoms with van der Waals surface area (Å²) in [6.07, 6.45) is 0.264. The van der Waals surface area contributed by atoms with Gasteiger partial charge in [-0.3, -0.25) is 4.57 Å². The van der Waals surface area contributed by atoms with E-state index in [1.54, 1.807) is 4.57 Å². The summed E-state index contributed by atoms with van der Waals surface area (Å²) in [5.41, 5.74) is 0.258. The smallest absolute Gasteiger partial charge is 0.224 e. The van der Waals surface area contributed by atoms with Gasteiger partial charge in [-0.1, -0.05) is 0 Å². The number of ether oxygens (including phenoxy) is 1. The van der Waals surface area contributed by atoms with E-state index in [0.29, 0.717) is 49.4 Å². The number of anilines is 3. The van der Waals surface area contributed by atoms with E-state index in [9.17, 15) is 18.3 Å². The molecule has 1 saturated heterocycles. The molecule has 4 atom stereocenters. The van der Waals surface area contributed by atoms with E-state index in [-0.39, 0.29) is 36.8 Å². The van der Waals surface area contributed by atoms with Gasteiger partial charge in [-0.25, -0.2) is 23.1 Å². The Hall–Kier alpha value is -2.92. The van der Waals surface area contributed by atoms with Crippen molar-refractivity contribution in [2.24, 2.45) is 0 Å². The summed E-state index contributed by atoms with van der Waals surface area (Å²) in [4.78, 5) is 13.2. The van der Waals surface area contributed by atoms with Gasteiger partial charge >= 0.3 is 0 Å². The van der Waals surface area contributed by atoms with Gasteiger partial charge in [0.1, 0.15) is 17.0 Å². The lowest BCUT2D eigenvalue weighted by Gasteiger charge is -2.26. The van der Waals surface area contributed by atoms with Gasteiger partial charge in [0.2, 0.25) is 11.9 Å². The Kier molecular flexibility index (Phi) is 4.98. The van der Waals surface area contributed by atoms with Gasteiger partial charge in [0, 0.05) is 26.2 Å². The molecule has 3 aromatic rings. The van der Waals surface area contributed by atoms with Crippen molar-refractivity contribution in [1.29, 1.82) is 0 Å². The number of benzene rings is 1. The van der Waals surface area contributed by atoms with E-state index in [2.05, 4.69) is 25.6 Å². The van der Waals surface area contributed by atoms with E-state index in [4.69, 9.17) is 7.48 Å². The van der Waals surface area contributed by atoms with E-state index in [1.807, 2.05) is 0 Å². The first kappa shape index (κ1) is 18.6. The van der Waals surface area contributed by atoms with Gasteiger partial charge in [-0.2, -0.15) is 4.98 Å². The van der Waals surface area contributed by atoms with Crippen LogP contribution in [0.25, 0.3) is 11.2 Å². The van der Waals surface area contributed by atoms with Crippen LogP contribution < -0.4 is 10.6 Å². The number of aliphatic hydroxyl groups is 1. The molecule has 0 bridgehead atoms. The maximum absolute atomic E-state index is 14.3. The number of fused-ring (bicyclic) bond motifs is 1. The third kappa shape index (κ3) is 4.09. The summed E-state index contributed by atoms with van der Waals surface area (Å²) < 4.78 is 64.8. The fraction of sp³-hybridized carbons (Fsp3) is 0.476. The third-order valence-electron chi connectivity index (χ3n) is 5.67. The van der Waals surface area contributed by atoms with Gasteiger partial charge in [-0.15, -0.1) is 0 Å². The monoisotopic (exact) mass is 450 g/mol. The summed E-state index contributed by atoms with van der Waals surface area (Å²) in [6, 6.07) is 0.769. The first-order valence-electron chi connectivity index (χ1n) is 11.4. The molecule has 1 aliphatic carbocycles. The minimum absolute atomic E-state index is 0.115. The highest BCUT2D eigenvalue weighted by Gasteiger charge is 2.27. The normalized spacial score (nSPS) is 29.1. The molecule has 170 valence electrons. The van der Waals surface area contributed by atoms with Gasteiger partial charge in [0.05, 0.1) is 26.3 Å². The molecule has 11 heteroatoms. The Morgan fingerprint density at radius 3 is 2.69 bits per heavy atom. The molecule has 2 aromatic heterocycles. The average Bonchev–Trinajstić information content (AvgIpc) is 3.40. The summed E-state index contributed by atoms with van der Waals surface area (Å²) >= 11 is 0. The van der Waals surface area contributed by atoms with E-state index in [1.165, 1.54) is 6.20 Å². The Bertz CT molecular complexity index is 1200. The zero-order chi connectivity index (χ0) is 24.0. The fourth-order valence-corrected chi connectivity index (χ4v) is 4.03. The van der Waals surface area contributed by atoms with Crippen LogP contribution in [0.5, 0.6) is 0 Å². The third-order valence-corrected chi connectivity index (χ3v) is 5.67. The Balaban J connectivity index is 1.49. The minimum atomic E-state index is -1.77. The molecule has 0 amide bonds. The number of halogens is 3. The van der Waals surface area contributed by atoms with Crippen molar-refractivity contribution in [1.82, 2.24) is 19.5 Å². The highest BCUT2D eigenvalue weighted by molar-refractivity contribution is 5.76.